The van der Waals surface area contributed by atoms with Crippen LogP contribution < -0.4 is 4.74 Å². The summed E-state index contributed by atoms with van der Waals surface area (Å²) in [5.74, 6) is 1.75. The van der Waals surface area contributed by atoms with Gasteiger partial charge in [0.2, 0.25) is 11.6 Å². The molecule has 2 rings (SSSR count). The number of ether oxygens (including phenoxy) is 1. The molecule has 76 valence electrons. The van der Waals surface area contributed by atoms with Gasteiger partial charge in [-0.2, -0.15) is 0 Å². The molecule has 2 aromatic heterocycles. The standard InChI is InChI=1S/C8H8N6O/c1-5-11-13-8(14-12-5)7-9-3-6(15-2)4-10-7/h3-4H,1-2H3. The molecule has 0 aliphatic carbocycles. The summed E-state index contributed by atoms with van der Waals surface area (Å²) in [6.07, 6.45) is 3.07. The summed E-state index contributed by atoms with van der Waals surface area (Å²) >= 11 is 0. The molecule has 0 aromatic carbocycles. The normalized spacial score (nSPS) is 10.0. The molecule has 0 radical (unpaired) electrons. The van der Waals surface area contributed by atoms with Gasteiger partial charge in [-0.1, -0.05) is 0 Å². The lowest BCUT2D eigenvalue weighted by molar-refractivity contribution is 0.411. The minimum atomic E-state index is 0.295. The Hall–Kier alpha value is -2.18. The van der Waals surface area contributed by atoms with Gasteiger partial charge in [-0.3, -0.25) is 0 Å². The van der Waals surface area contributed by atoms with Crippen LogP contribution in [0, 0.1) is 6.92 Å². The van der Waals surface area contributed by atoms with Gasteiger partial charge in [-0.25, -0.2) is 9.97 Å². The molecule has 7 heteroatoms. The summed E-state index contributed by atoms with van der Waals surface area (Å²) in [5, 5.41) is 15.2. The number of aromatic nitrogens is 6. The van der Waals surface area contributed by atoms with Gasteiger partial charge in [0, 0.05) is 0 Å². The lowest BCUT2D eigenvalue weighted by Crippen LogP contribution is -2.01. The van der Waals surface area contributed by atoms with Crippen molar-refractivity contribution < 1.29 is 4.74 Å². The van der Waals surface area contributed by atoms with Crippen LogP contribution in [-0.2, 0) is 0 Å². The van der Waals surface area contributed by atoms with Crippen molar-refractivity contribution in [2.45, 2.75) is 6.92 Å². The molecule has 0 fully saturated rings. The molecule has 0 amide bonds. The van der Waals surface area contributed by atoms with Crippen LogP contribution in [0.2, 0.25) is 0 Å². The maximum absolute atomic E-state index is 4.93. The van der Waals surface area contributed by atoms with Gasteiger partial charge < -0.3 is 4.74 Å². The topological polar surface area (TPSA) is 86.6 Å². The molecule has 2 aromatic rings. The Morgan fingerprint density at radius 2 is 1.53 bits per heavy atom. The van der Waals surface area contributed by atoms with Gasteiger partial charge in [-0.05, 0) is 6.92 Å². The highest BCUT2D eigenvalue weighted by Crippen LogP contribution is 2.10. The lowest BCUT2D eigenvalue weighted by Gasteiger charge is -1.99. The Morgan fingerprint density at radius 1 is 0.933 bits per heavy atom. The van der Waals surface area contributed by atoms with Gasteiger partial charge in [0.05, 0.1) is 19.5 Å². The first-order chi connectivity index (χ1) is 7.29. The molecular weight excluding hydrogens is 196 g/mol. The highest BCUT2D eigenvalue weighted by molar-refractivity contribution is 5.40. The van der Waals surface area contributed by atoms with Crippen molar-refractivity contribution in [3.63, 3.8) is 0 Å². The third-order valence-electron chi connectivity index (χ3n) is 1.64. The van der Waals surface area contributed by atoms with Crippen molar-refractivity contribution in [2.75, 3.05) is 7.11 Å². The smallest absolute Gasteiger partial charge is 0.240 e. The Balaban J connectivity index is 2.33. The number of hydrogen-bond donors (Lipinski definition) is 0. The van der Waals surface area contributed by atoms with Crippen molar-refractivity contribution >= 4 is 0 Å². The van der Waals surface area contributed by atoms with E-state index in [2.05, 4.69) is 30.4 Å². The minimum Gasteiger partial charge on any atom is -0.494 e. The van der Waals surface area contributed by atoms with E-state index in [1.54, 1.807) is 14.0 Å². The van der Waals surface area contributed by atoms with Gasteiger partial charge in [0.15, 0.2) is 11.6 Å². The van der Waals surface area contributed by atoms with E-state index in [-0.39, 0.29) is 0 Å². The number of aryl methyl sites for hydroxylation is 1. The largest absolute Gasteiger partial charge is 0.494 e. The number of methoxy groups -OCH3 is 1. The van der Waals surface area contributed by atoms with Crippen LogP contribution in [-0.4, -0.2) is 37.5 Å². The van der Waals surface area contributed by atoms with E-state index in [1.807, 2.05) is 0 Å². The summed E-state index contributed by atoms with van der Waals surface area (Å²) in [6, 6.07) is 0. The molecule has 0 bridgehead atoms. The molecule has 7 nitrogen and oxygen atoms in total. The molecule has 0 aliphatic rings. The molecule has 0 saturated carbocycles. The monoisotopic (exact) mass is 204 g/mol. The van der Waals surface area contributed by atoms with E-state index in [9.17, 15) is 0 Å². The molecule has 0 unspecified atom stereocenters. The number of hydrogen-bond acceptors (Lipinski definition) is 7. The van der Waals surface area contributed by atoms with E-state index in [1.165, 1.54) is 12.4 Å². The molecule has 0 saturated heterocycles. The van der Waals surface area contributed by atoms with Crippen molar-refractivity contribution in [1.82, 2.24) is 30.4 Å². The van der Waals surface area contributed by atoms with Crippen LogP contribution in [0.3, 0.4) is 0 Å². The predicted octanol–water partition coefficient (Wildman–Crippen LogP) is 0.0406. The van der Waals surface area contributed by atoms with Crippen molar-refractivity contribution in [3.8, 4) is 17.4 Å². The maximum Gasteiger partial charge on any atom is 0.240 e. The molecule has 0 atom stereocenters. The second-order valence-corrected chi connectivity index (χ2v) is 2.72. The zero-order chi connectivity index (χ0) is 10.7. The highest BCUT2D eigenvalue weighted by atomic mass is 16.5. The van der Waals surface area contributed by atoms with Gasteiger partial charge in [0.1, 0.15) is 0 Å². The van der Waals surface area contributed by atoms with Crippen LogP contribution in [0.5, 0.6) is 5.75 Å². The van der Waals surface area contributed by atoms with Gasteiger partial charge in [-0.15, -0.1) is 20.4 Å². The second kappa shape index (κ2) is 3.91. The summed E-state index contributed by atoms with van der Waals surface area (Å²) in [7, 11) is 1.55. The molecule has 2 heterocycles. The Morgan fingerprint density at radius 3 is 2.07 bits per heavy atom. The fourth-order valence-electron chi connectivity index (χ4n) is 0.906. The number of nitrogens with zero attached hydrogens (tertiary/aromatic N) is 6. The van der Waals surface area contributed by atoms with Crippen LogP contribution in [0.4, 0.5) is 0 Å². The third kappa shape index (κ3) is 2.01. The average molecular weight is 204 g/mol. The van der Waals surface area contributed by atoms with E-state index in [0.717, 1.165) is 0 Å². The Labute approximate surface area is 85.6 Å². The molecular formula is C8H8N6O. The molecule has 15 heavy (non-hydrogen) atoms. The summed E-state index contributed by atoms with van der Waals surface area (Å²) in [6.45, 7) is 1.71. The van der Waals surface area contributed by atoms with Crippen molar-refractivity contribution in [3.05, 3.63) is 18.2 Å². The average Bonchev–Trinajstić information content (AvgIpc) is 2.30. The zero-order valence-corrected chi connectivity index (χ0v) is 8.25. The minimum absolute atomic E-state index is 0.295. The Bertz CT molecular complexity index is 440. The fraction of sp³-hybridized carbons (Fsp3) is 0.250. The predicted molar refractivity (Wildman–Crippen MR) is 49.9 cm³/mol. The van der Waals surface area contributed by atoms with Crippen LogP contribution in [0.25, 0.3) is 11.6 Å². The van der Waals surface area contributed by atoms with Crippen molar-refractivity contribution in [1.29, 1.82) is 0 Å². The SMILES string of the molecule is COc1cnc(-c2nnc(C)nn2)nc1. The third-order valence-corrected chi connectivity index (χ3v) is 1.64. The van der Waals surface area contributed by atoms with E-state index in [0.29, 0.717) is 23.2 Å². The van der Waals surface area contributed by atoms with Crippen molar-refractivity contribution in [2.24, 2.45) is 0 Å². The van der Waals surface area contributed by atoms with Crippen LogP contribution >= 0.6 is 0 Å². The Kier molecular flexibility index (Phi) is 2.44. The zero-order valence-electron chi connectivity index (χ0n) is 8.25. The molecule has 0 N–H and O–H groups in total. The second-order valence-electron chi connectivity index (χ2n) is 2.72. The maximum atomic E-state index is 4.93. The number of rotatable bonds is 2. The molecule has 0 aliphatic heterocycles. The summed E-state index contributed by atoms with van der Waals surface area (Å²) in [4.78, 5) is 8.02. The quantitative estimate of drug-likeness (QED) is 0.682. The highest BCUT2D eigenvalue weighted by Gasteiger charge is 2.05. The summed E-state index contributed by atoms with van der Waals surface area (Å²) < 4.78 is 4.93. The summed E-state index contributed by atoms with van der Waals surface area (Å²) in [5.41, 5.74) is 0. The van der Waals surface area contributed by atoms with Gasteiger partial charge in [0.25, 0.3) is 0 Å². The van der Waals surface area contributed by atoms with Gasteiger partial charge >= 0.3 is 0 Å². The lowest BCUT2D eigenvalue weighted by atomic mass is 10.5. The first-order valence-electron chi connectivity index (χ1n) is 4.20. The fourth-order valence-corrected chi connectivity index (χ4v) is 0.906. The van der Waals surface area contributed by atoms with E-state index < -0.39 is 0 Å². The van der Waals surface area contributed by atoms with Crippen LogP contribution in [0.15, 0.2) is 12.4 Å². The van der Waals surface area contributed by atoms with E-state index >= 15 is 0 Å². The molecule has 0 spiro atoms. The van der Waals surface area contributed by atoms with Crippen LogP contribution in [0.1, 0.15) is 5.82 Å². The van der Waals surface area contributed by atoms with E-state index in [4.69, 9.17) is 4.74 Å². The first kappa shape index (κ1) is 9.38. The first-order valence-corrected chi connectivity index (χ1v) is 4.20.